The van der Waals surface area contributed by atoms with Crippen LogP contribution in [-0.4, -0.2) is 4.98 Å². The third-order valence-electron chi connectivity index (χ3n) is 4.14. The summed E-state index contributed by atoms with van der Waals surface area (Å²) < 4.78 is 0. The highest BCUT2D eigenvalue weighted by Gasteiger charge is 2.06. The van der Waals surface area contributed by atoms with Crippen LogP contribution in [0.4, 0.5) is 0 Å². The highest BCUT2D eigenvalue weighted by molar-refractivity contribution is 5.71. The maximum atomic E-state index is 4.86. The summed E-state index contributed by atoms with van der Waals surface area (Å²) in [7, 11) is 0. The summed E-state index contributed by atoms with van der Waals surface area (Å²) in [5, 5.41) is 0. The number of aromatic nitrogens is 1. The molecule has 0 saturated heterocycles. The molecule has 26 heavy (non-hydrogen) atoms. The molecule has 0 amide bonds. The molecule has 0 N–H and O–H groups in total. The number of rotatable bonds is 2. The minimum Gasteiger partial charge on any atom is -0.248 e. The van der Waals surface area contributed by atoms with Crippen LogP contribution in [0.2, 0.25) is 0 Å². The van der Waals surface area contributed by atoms with Crippen molar-refractivity contribution in [2.24, 2.45) is 0 Å². The zero-order valence-corrected chi connectivity index (χ0v) is 14.3. The van der Waals surface area contributed by atoms with Crippen LogP contribution in [0.5, 0.6) is 0 Å². The highest BCUT2D eigenvalue weighted by Crippen LogP contribution is 2.25. The number of nitrogens with zero attached hydrogens (tertiary/aromatic N) is 1. The summed E-state index contributed by atoms with van der Waals surface area (Å²) in [6.45, 7) is 0. The fourth-order valence-corrected chi connectivity index (χ4v) is 2.83. The summed E-state index contributed by atoms with van der Waals surface area (Å²) in [6.07, 6.45) is 0. The summed E-state index contributed by atoms with van der Waals surface area (Å²) in [6, 6.07) is 34.5. The van der Waals surface area contributed by atoms with Crippen LogP contribution in [0.25, 0.3) is 22.5 Å². The Bertz CT molecular complexity index is 1070. The van der Waals surface area contributed by atoms with E-state index < -0.39 is 0 Å². The lowest BCUT2D eigenvalue weighted by molar-refractivity contribution is 1.32. The van der Waals surface area contributed by atoms with Crippen molar-refractivity contribution in [2.45, 2.75) is 0 Å². The second kappa shape index (κ2) is 7.51. The van der Waals surface area contributed by atoms with Gasteiger partial charge in [-0.3, -0.25) is 0 Å². The van der Waals surface area contributed by atoms with Crippen LogP contribution < -0.4 is 0 Å². The number of pyridine rings is 1. The molecular weight excluding hydrogens is 314 g/mol. The summed E-state index contributed by atoms with van der Waals surface area (Å²) in [5.41, 5.74) is 6.05. The first-order chi connectivity index (χ1) is 12.9. The van der Waals surface area contributed by atoms with Gasteiger partial charge in [0.05, 0.1) is 11.4 Å². The van der Waals surface area contributed by atoms with Crippen LogP contribution in [0, 0.1) is 11.8 Å². The molecule has 0 unspecified atom stereocenters. The van der Waals surface area contributed by atoms with Gasteiger partial charge in [-0.2, -0.15) is 0 Å². The van der Waals surface area contributed by atoms with Crippen molar-refractivity contribution in [3.05, 3.63) is 114 Å². The van der Waals surface area contributed by atoms with Crippen LogP contribution >= 0.6 is 0 Å². The van der Waals surface area contributed by atoms with Gasteiger partial charge in [0.2, 0.25) is 0 Å². The van der Waals surface area contributed by atoms with E-state index in [1.807, 2.05) is 84.9 Å². The van der Waals surface area contributed by atoms with Gasteiger partial charge >= 0.3 is 0 Å². The van der Waals surface area contributed by atoms with Gasteiger partial charge in [-0.25, -0.2) is 4.98 Å². The Morgan fingerprint density at radius 1 is 0.500 bits per heavy atom. The molecule has 4 aromatic rings. The van der Waals surface area contributed by atoms with Crippen molar-refractivity contribution in [2.75, 3.05) is 0 Å². The zero-order valence-electron chi connectivity index (χ0n) is 14.3. The molecule has 0 radical (unpaired) electrons. The predicted octanol–water partition coefficient (Wildman–Crippen LogP) is 5.82. The third-order valence-corrected chi connectivity index (χ3v) is 4.14. The van der Waals surface area contributed by atoms with E-state index in [9.17, 15) is 0 Å². The standard InChI is InChI=1S/C25H17N/c1-3-10-20(11-4-1)18-19-21-12-7-8-15-23(21)25-17-9-16-24(26-25)22-13-5-2-6-14-22/h1-17H. The average molecular weight is 331 g/mol. The topological polar surface area (TPSA) is 12.9 Å². The fraction of sp³-hybridized carbons (Fsp3) is 0. The minimum absolute atomic E-state index is 0.935. The molecule has 1 heterocycles. The maximum absolute atomic E-state index is 4.86. The van der Waals surface area contributed by atoms with Crippen molar-refractivity contribution < 1.29 is 0 Å². The first-order valence-corrected chi connectivity index (χ1v) is 8.59. The molecule has 122 valence electrons. The van der Waals surface area contributed by atoms with E-state index in [1.54, 1.807) is 0 Å². The van der Waals surface area contributed by atoms with Crippen LogP contribution in [-0.2, 0) is 0 Å². The van der Waals surface area contributed by atoms with Gasteiger partial charge in [0.25, 0.3) is 0 Å². The molecule has 0 atom stereocenters. The molecule has 0 aliphatic carbocycles. The van der Waals surface area contributed by atoms with Gasteiger partial charge in [0.15, 0.2) is 0 Å². The Hall–Kier alpha value is -3.63. The summed E-state index contributed by atoms with van der Waals surface area (Å²) in [4.78, 5) is 4.86. The number of benzene rings is 3. The van der Waals surface area contributed by atoms with E-state index in [4.69, 9.17) is 4.98 Å². The van der Waals surface area contributed by atoms with Crippen molar-refractivity contribution in [3.63, 3.8) is 0 Å². The van der Waals surface area contributed by atoms with E-state index >= 15 is 0 Å². The Morgan fingerprint density at radius 3 is 1.96 bits per heavy atom. The Kier molecular flexibility index (Phi) is 4.58. The maximum Gasteiger partial charge on any atom is 0.0722 e. The van der Waals surface area contributed by atoms with Crippen molar-refractivity contribution >= 4 is 0 Å². The Balaban J connectivity index is 1.75. The van der Waals surface area contributed by atoms with Crippen molar-refractivity contribution in [1.82, 2.24) is 4.98 Å². The van der Waals surface area contributed by atoms with Crippen LogP contribution in [0.15, 0.2) is 103 Å². The molecular formula is C25H17N. The summed E-state index contributed by atoms with van der Waals surface area (Å²) >= 11 is 0. The quantitative estimate of drug-likeness (QED) is 0.422. The number of hydrogen-bond donors (Lipinski definition) is 0. The smallest absolute Gasteiger partial charge is 0.0722 e. The van der Waals surface area contributed by atoms with E-state index in [0.717, 1.165) is 33.6 Å². The third kappa shape index (κ3) is 3.55. The van der Waals surface area contributed by atoms with E-state index in [1.165, 1.54) is 0 Å². The zero-order chi connectivity index (χ0) is 17.6. The van der Waals surface area contributed by atoms with Crippen molar-refractivity contribution in [1.29, 1.82) is 0 Å². The molecule has 1 heteroatoms. The fourth-order valence-electron chi connectivity index (χ4n) is 2.83. The molecule has 0 bridgehead atoms. The number of hydrogen-bond acceptors (Lipinski definition) is 1. The van der Waals surface area contributed by atoms with E-state index in [-0.39, 0.29) is 0 Å². The average Bonchev–Trinajstić information content (AvgIpc) is 2.74. The van der Waals surface area contributed by atoms with Crippen LogP contribution in [0.3, 0.4) is 0 Å². The molecule has 0 spiro atoms. The molecule has 0 aliphatic rings. The second-order valence-electron chi connectivity index (χ2n) is 5.94. The van der Waals surface area contributed by atoms with Gasteiger partial charge in [0, 0.05) is 22.3 Å². The normalized spacial score (nSPS) is 10.0. The van der Waals surface area contributed by atoms with Crippen molar-refractivity contribution in [3.8, 4) is 34.4 Å². The van der Waals surface area contributed by atoms with E-state index in [0.29, 0.717) is 0 Å². The van der Waals surface area contributed by atoms with Gasteiger partial charge in [-0.05, 0) is 30.3 Å². The van der Waals surface area contributed by atoms with Gasteiger partial charge < -0.3 is 0 Å². The Labute approximate surface area is 154 Å². The summed E-state index contributed by atoms with van der Waals surface area (Å²) in [5.74, 6) is 6.54. The molecule has 1 aromatic heterocycles. The Morgan fingerprint density at radius 2 is 1.15 bits per heavy atom. The molecule has 0 saturated carbocycles. The molecule has 0 fully saturated rings. The molecule has 4 rings (SSSR count). The van der Waals surface area contributed by atoms with Gasteiger partial charge in [-0.15, -0.1) is 0 Å². The van der Waals surface area contributed by atoms with E-state index in [2.05, 4.69) is 30.0 Å². The SMILES string of the molecule is C(#Cc1ccccc1-c1cccc(-c2ccccc2)n1)c1ccccc1. The van der Waals surface area contributed by atoms with Crippen LogP contribution in [0.1, 0.15) is 11.1 Å². The molecule has 3 aromatic carbocycles. The van der Waals surface area contributed by atoms with Gasteiger partial charge in [0.1, 0.15) is 0 Å². The largest absolute Gasteiger partial charge is 0.248 e. The molecule has 1 nitrogen and oxygen atoms in total. The first-order valence-electron chi connectivity index (χ1n) is 8.59. The monoisotopic (exact) mass is 331 g/mol. The van der Waals surface area contributed by atoms with Gasteiger partial charge in [-0.1, -0.05) is 84.6 Å². The minimum atomic E-state index is 0.935. The second-order valence-corrected chi connectivity index (χ2v) is 5.94. The first kappa shape index (κ1) is 15.9. The predicted molar refractivity (Wildman–Crippen MR) is 108 cm³/mol. The molecule has 0 aliphatic heterocycles. The lowest BCUT2D eigenvalue weighted by Crippen LogP contribution is -1.90. The lowest BCUT2D eigenvalue weighted by atomic mass is 10.0. The lowest BCUT2D eigenvalue weighted by Gasteiger charge is -2.07. The highest BCUT2D eigenvalue weighted by atomic mass is 14.7.